The molecule has 1 aromatic carbocycles. The van der Waals surface area contributed by atoms with Gasteiger partial charge in [0.15, 0.2) is 0 Å². The Balaban J connectivity index is 0.000000677. The minimum Gasteiger partial charge on any atom is -0.384 e. The van der Waals surface area contributed by atoms with E-state index in [0.717, 1.165) is 25.9 Å². The van der Waals surface area contributed by atoms with E-state index in [1.54, 1.807) is 7.11 Å². The standard InChI is InChI=1S/C14H19N3O.N3/c1-18-10-12-8-5-9-13(16-17-15)14(12)11-6-3-2-4-7-11;1-3-2/h2-4,6-7,12-14H,5,8-10H2,1H3;/q;-1/t12-,13+,14-;/m1./s1. The quantitative estimate of drug-likeness (QED) is 0.443. The Kier molecular flexibility index (Phi) is 7.76. The second-order valence-electron chi connectivity index (χ2n) is 4.94. The molecular formula is C14H19N6O-. The summed E-state index contributed by atoms with van der Waals surface area (Å²) in [5, 5.41) is 4.00. The summed E-state index contributed by atoms with van der Waals surface area (Å²) in [4.78, 5) is 4.51. The number of ether oxygens (including phenoxy) is 1. The van der Waals surface area contributed by atoms with Crippen molar-refractivity contribution in [3.63, 3.8) is 0 Å². The molecule has 2 rings (SSSR count). The van der Waals surface area contributed by atoms with Crippen LogP contribution in [0.1, 0.15) is 30.7 Å². The van der Waals surface area contributed by atoms with Gasteiger partial charge in [0.1, 0.15) is 0 Å². The highest BCUT2D eigenvalue weighted by atomic mass is 16.5. The SMILES string of the molecule is COC[C@H]1CCC[C@H](N=[N+]=[N-])[C@@H]1c1ccccc1.[N-]=[N+]=[N-]. The molecule has 21 heavy (non-hydrogen) atoms. The molecule has 0 bridgehead atoms. The number of nitrogens with zero attached hydrogens (tertiary/aromatic N) is 6. The van der Waals surface area contributed by atoms with Crippen LogP contribution < -0.4 is 0 Å². The van der Waals surface area contributed by atoms with Crippen LogP contribution in [0.5, 0.6) is 0 Å². The van der Waals surface area contributed by atoms with Gasteiger partial charge in [-0.2, -0.15) is 0 Å². The molecule has 0 heterocycles. The Bertz CT molecular complexity index is 491. The molecular weight excluding hydrogens is 268 g/mol. The smallest absolute Gasteiger partial charge is 0.0496 e. The molecule has 0 aliphatic heterocycles. The van der Waals surface area contributed by atoms with Crippen molar-refractivity contribution < 1.29 is 4.74 Å². The second kappa shape index (κ2) is 9.66. The van der Waals surface area contributed by atoms with Gasteiger partial charge in [-0.05, 0) is 35.8 Å². The van der Waals surface area contributed by atoms with Crippen molar-refractivity contribution in [1.29, 1.82) is 0 Å². The third kappa shape index (κ3) is 5.00. The topological polar surface area (TPSA) is 117 Å². The number of methoxy groups -OCH3 is 1. The fourth-order valence-electron chi connectivity index (χ4n) is 3.03. The minimum absolute atomic E-state index is 0.0614. The van der Waals surface area contributed by atoms with Gasteiger partial charge in [0.25, 0.3) is 0 Å². The Morgan fingerprint density at radius 1 is 1.19 bits per heavy atom. The monoisotopic (exact) mass is 287 g/mol. The highest BCUT2D eigenvalue weighted by Gasteiger charge is 2.33. The molecule has 7 nitrogen and oxygen atoms in total. The average Bonchev–Trinajstić information content (AvgIpc) is 2.50. The fraction of sp³-hybridized carbons (Fsp3) is 0.571. The lowest BCUT2D eigenvalue weighted by atomic mass is 9.73. The number of hydrogen-bond donors (Lipinski definition) is 0. The van der Waals surface area contributed by atoms with Gasteiger partial charge in [0, 0.05) is 24.7 Å². The van der Waals surface area contributed by atoms with Gasteiger partial charge in [-0.15, -0.1) is 0 Å². The summed E-state index contributed by atoms with van der Waals surface area (Å²) in [6, 6.07) is 10.4. The lowest BCUT2D eigenvalue weighted by Crippen LogP contribution is -2.31. The summed E-state index contributed by atoms with van der Waals surface area (Å²) in [5.74, 6) is 0.734. The Morgan fingerprint density at radius 2 is 1.86 bits per heavy atom. The molecule has 7 heteroatoms. The van der Waals surface area contributed by atoms with Gasteiger partial charge in [-0.25, -0.2) is 0 Å². The van der Waals surface area contributed by atoms with Crippen LogP contribution in [0, 0.1) is 5.92 Å². The molecule has 1 aliphatic carbocycles. The van der Waals surface area contributed by atoms with E-state index in [9.17, 15) is 0 Å². The first-order valence-corrected chi connectivity index (χ1v) is 6.85. The minimum atomic E-state index is 0.0614. The molecule has 0 aromatic heterocycles. The third-order valence-electron chi connectivity index (χ3n) is 3.76. The van der Waals surface area contributed by atoms with Crippen LogP contribution in [0.4, 0.5) is 0 Å². The fourth-order valence-corrected chi connectivity index (χ4v) is 3.03. The molecule has 0 N–H and O–H groups in total. The van der Waals surface area contributed by atoms with Crippen molar-refractivity contribution in [2.45, 2.75) is 31.2 Å². The zero-order valence-corrected chi connectivity index (χ0v) is 12.0. The molecule has 1 saturated carbocycles. The largest absolute Gasteiger partial charge is 0.384 e. The maximum absolute atomic E-state index is 8.73. The molecule has 1 fully saturated rings. The van der Waals surface area contributed by atoms with Crippen LogP contribution in [0.25, 0.3) is 26.4 Å². The normalized spacial score (nSPS) is 24.0. The van der Waals surface area contributed by atoms with Gasteiger partial charge in [-0.3, -0.25) is 4.91 Å². The Hall–Kier alpha value is -2.20. The summed E-state index contributed by atoms with van der Waals surface area (Å²) < 4.78 is 5.32. The first-order valence-electron chi connectivity index (χ1n) is 6.85. The summed E-state index contributed by atoms with van der Waals surface area (Å²) in [6.07, 6.45) is 3.23. The number of rotatable bonds is 4. The molecule has 0 radical (unpaired) electrons. The maximum Gasteiger partial charge on any atom is 0.0496 e. The lowest BCUT2D eigenvalue weighted by molar-refractivity contribution is 0.111. The van der Waals surface area contributed by atoms with E-state index in [0.29, 0.717) is 5.92 Å². The summed E-state index contributed by atoms with van der Waals surface area (Å²) in [5.41, 5.74) is 23.5. The predicted octanol–water partition coefficient (Wildman–Crippen LogP) is 4.76. The second-order valence-corrected chi connectivity index (χ2v) is 4.94. The van der Waals surface area contributed by atoms with Gasteiger partial charge in [0.2, 0.25) is 0 Å². The molecule has 0 unspecified atom stereocenters. The molecule has 3 atom stereocenters. The van der Waals surface area contributed by atoms with Crippen LogP contribution in [-0.2, 0) is 4.74 Å². The molecule has 0 saturated heterocycles. The highest BCUT2D eigenvalue weighted by Crippen LogP contribution is 2.39. The number of hydrogen-bond acceptors (Lipinski definition) is 2. The van der Waals surface area contributed by atoms with Crippen molar-refractivity contribution in [2.24, 2.45) is 11.0 Å². The molecule has 1 aromatic rings. The van der Waals surface area contributed by atoms with Crippen LogP contribution in [-0.4, -0.2) is 19.8 Å². The van der Waals surface area contributed by atoms with Crippen molar-refractivity contribution in [2.75, 3.05) is 13.7 Å². The van der Waals surface area contributed by atoms with E-state index >= 15 is 0 Å². The first kappa shape index (κ1) is 16.9. The van der Waals surface area contributed by atoms with E-state index in [2.05, 4.69) is 22.2 Å². The third-order valence-corrected chi connectivity index (χ3v) is 3.76. The molecule has 1 aliphatic rings. The predicted molar refractivity (Wildman–Crippen MR) is 81.4 cm³/mol. The zero-order chi connectivity index (χ0) is 15.5. The molecule has 0 amide bonds. The summed E-state index contributed by atoms with van der Waals surface area (Å²) in [7, 11) is 1.74. The highest BCUT2D eigenvalue weighted by molar-refractivity contribution is 5.23. The van der Waals surface area contributed by atoms with Gasteiger partial charge < -0.3 is 15.8 Å². The molecule has 112 valence electrons. The number of benzene rings is 1. The van der Waals surface area contributed by atoms with Crippen molar-refractivity contribution in [1.82, 2.24) is 0 Å². The van der Waals surface area contributed by atoms with Crippen molar-refractivity contribution >= 4 is 0 Å². The Labute approximate surface area is 124 Å². The zero-order valence-electron chi connectivity index (χ0n) is 12.0. The molecule has 0 spiro atoms. The number of azide groups is 1. The average molecular weight is 287 g/mol. The first-order chi connectivity index (χ1) is 10.3. The summed E-state index contributed by atoms with van der Waals surface area (Å²) >= 11 is 0. The van der Waals surface area contributed by atoms with E-state index in [1.807, 2.05) is 18.2 Å². The van der Waals surface area contributed by atoms with Gasteiger partial charge >= 0.3 is 0 Å². The lowest BCUT2D eigenvalue weighted by Gasteiger charge is -2.36. The van der Waals surface area contributed by atoms with Gasteiger partial charge in [-0.1, -0.05) is 41.9 Å². The van der Waals surface area contributed by atoms with E-state index < -0.39 is 0 Å². The van der Waals surface area contributed by atoms with E-state index in [1.165, 1.54) is 10.5 Å². The van der Waals surface area contributed by atoms with Crippen LogP contribution in [0.2, 0.25) is 0 Å². The summed E-state index contributed by atoms with van der Waals surface area (Å²) in [6.45, 7) is 0.733. The van der Waals surface area contributed by atoms with Crippen LogP contribution in [0.3, 0.4) is 0 Å². The Morgan fingerprint density at radius 3 is 2.43 bits per heavy atom. The maximum atomic E-state index is 8.73. The van der Waals surface area contributed by atoms with E-state index in [-0.39, 0.29) is 12.0 Å². The van der Waals surface area contributed by atoms with Gasteiger partial charge in [0.05, 0.1) is 0 Å². The van der Waals surface area contributed by atoms with Crippen LogP contribution >= 0.6 is 0 Å². The van der Waals surface area contributed by atoms with Crippen molar-refractivity contribution in [3.05, 3.63) is 62.3 Å². The van der Waals surface area contributed by atoms with E-state index in [4.69, 9.17) is 21.3 Å². The van der Waals surface area contributed by atoms with Crippen molar-refractivity contribution in [3.8, 4) is 0 Å². The van der Waals surface area contributed by atoms with Crippen LogP contribution in [0.15, 0.2) is 35.4 Å².